The van der Waals surface area contributed by atoms with E-state index >= 15 is 0 Å². The van der Waals surface area contributed by atoms with E-state index in [1.165, 1.54) is 19.5 Å². The highest BCUT2D eigenvalue weighted by atomic mass is 27.1. The summed E-state index contributed by atoms with van der Waals surface area (Å²) in [6.07, 6.45) is 1.26. The van der Waals surface area contributed by atoms with Crippen molar-refractivity contribution in [3.05, 3.63) is 0 Å². The maximum absolute atomic E-state index is 5.70. The SMILES string of the molecule is CN(C)CCC[N]([AlH2])CCOC(C)(C)C. The smallest absolute Gasteiger partial charge is 0.321 e. The largest absolute Gasteiger partial charge is 0.389 e. The van der Waals surface area contributed by atoms with E-state index in [9.17, 15) is 0 Å². The Bertz CT molecular complexity index is 157. The average Bonchev–Trinajstić information content (AvgIpc) is 2.00. The normalized spacial score (nSPS) is 12.7. The molecule has 0 spiro atoms. The van der Waals surface area contributed by atoms with Crippen LogP contribution in [0.4, 0.5) is 0 Å². The van der Waals surface area contributed by atoms with E-state index < -0.39 is 0 Å². The van der Waals surface area contributed by atoms with Crippen LogP contribution in [0.1, 0.15) is 27.2 Å². The zero-order valence-corrected chi connectivity index (χ0v) is 13.3. The summed E-state index contributed by atoms with van der Waals surface area (Å²) >= 11 is 1.14. The molecule has 0 bridgehead atoms. The lowest BCUT2D eigenvalue weighted by atomic mass is 10.2. The van der Waals surface area contributed by atoms with Crippen LogP contribution < -0.4 is 0 Å². The molecule has 0 heterocycles. The molecule has 0 unspecified atom stereocenters. The summed E-state index contributed by atoms with van der Waals surface area (Å²) in [4.78, 5) is 2.24. The molecule has 0 N–H and O–H groups in total. The van der Waals surface area contributed by atoms with Gasteiger partial charge in [0.1, 0.15) is 0 Å². The third-order valence-electron chi connectivity index (χ3n) is 2.15. The Kier molecular flexibility index (Phi) is 7.86. The fourth-order valence-corrected chi connectivity index (χ4v) is 1.78. The average molecular weight is 230 g/mol. The molecule has 0 saturated carbocycles. The van der Waals surface area contributed by atoms with Gasteiger partial charge in [-0.15, -0.1) is 0 Å². The Morgan fingerprint density at radius 1 is 1.07 bits per heavy atom. The molecular weight excluding hydrogens is 203 g/mol. The molecule has 0 aliphatic rings. The van der Waals surface area contributed by atoms with E-state index in [0.717, 1.165) is 29.7 Å². The molecule has 90 valence electrons. The molecule has 0 aromatic rings. The van der Waals surface area contributed by atoms with Crippen LogP contribution in [0, 0.1) is 0 Å². The predicted molar refractivity (Wildman–Crippen MR) is 69.0 cm³/mol. The standard InChI is InChI=1S/C11H25N2O.Al.2H/c1-11(2,3)14-10-8-12-7-6-9-13(4)5;;;/h6-10H2,1-5H3;;;/q-1;+1;;. The predicted octanol–water partition coefficient (Wildman–Crippen LogP) is 0.603. The van der Waals surface area contributed by atoms with Crippen molar-refractivity contribution in [2.75, 3.05) is 40.3 Å². The van der Waals surface area contributed by atoms with Crippen molar-refractivity contribution in [1.29, 1.82) is 0 Å². The van der Waals surface area contributed by atoms with Crippen LogP contribution in [-0.2, 0) is 4.74 Å². The maximum Gasteiger partial charge on any atom is 0.321 e. The van der Waals surface area contributed by atoms with Crippen molar-refractivity contribution < 1.29 is 4.74 Å². The van der Waals surface area contributed by atoms with Gasteiger partial charge < -0.3 is 13.5 Å². The quantitative estimate of drug-likeness (QED) is 0.596. The first kappa shape index (κ1) is 15.4. The molecule has 0 rings (SSSR count). The molecule has 3 nitrogen and oxygen atoms in total. The second-order valence-corrected chi connectivity index (χ2v) is 6.69. The number of hydrogen-bond acceptors (Lipinski definition) is 3. The van der Waals surface area contributed by atoms with E-state index in [1.807, 2.05) is 0 Å². The van der Waals surface area contributed by atoms with E-state index in [-0.39, 0.29) is 5.60 Å². The molecule has 0 saturated heterocycles. The molecule has 0 fully saturated rings. The van der Waals surface area contributed by atoms with E-state index in [4.69, 9.17) is 4.74 Å². The zero-order chi connectivity index (χ0) is 11.9. The Hall–Kier alpha value is 0.412. The van der Waals surface area contributed by atoms with Crippen molar-refractivity contribution in [2.24, 2.45) is 0 Å². The van der Waals surface area contributed by atoms with Gasteiger partial charge in [-0.1, -0.05) is 0 Å². The molecule has 0 aromatic carbocycles. The number of ether oxygens (including phenoxy) is 1. The number of rotatable bonds is 7. The van der Waals surface area contributed by atoms with Crippen LogP contribution in [-0.4, -0.2) is 71.2 Å². The minimum Gasteiger partial charge on any atom is -0.389 e. The van der Waals surface area contributed by atoms with Crippen molar-refractivity contribution in [1.82, 2.24) is 8.78 Å². The molecule has 4 heteroatoms. The van der Waals surface area contributed by atoms with Gasteiger partial charge in [-0.25, -0.2) is 0 Å². The van der Waals surface area contributed by atoms with Gasteiger partial charge in [0.05, 0.1) is 12.2 Å². The molecule has 15 heavy (non-hydrogen) atoms. The van der Waals surface area contributed by atoms with Gasteiger partial charge in [-0.2, -0.15) is 0 Å². The highest BCUT2D eigenvalue weighted by Crippen LogP contribution is 2.05. The van der Waals surface area contributed by atoms with E-state index in [2.05, 4.69) is 43.6 Å². The highest BCUT2D eigenvalue weighted by molar-refractivity contribution is 6.04. The molecule has 0 aliphatic heterocycles. The van der Waals surface area contributed by atoms with Crippen LogP contribution in [0.2, 0.25) is 0 Å². The molecule has 0 atom stereocenters. The lowest BCUT2D eigenvalue weighted by Gasteiger charge is -2.23. The van der Waals surface area contributed by atoms with Gasteiger partial charge >= 0.3 is 16.5 Å². The van der Waals surface area contributed by atoms with Crippen LogP contribution in [0.25, 0.3) is 0 Å². The Morgan fingerprint density at radius 3 is 2.13 bits per heavy atom. The summed E-state index contributed by atoms with van der Waals surface area (Å²) in [7, 11) is 4.25. The van der Waals surface area contributed by atoms with Crippen LogP contribution in [0.3, 0.4) is 0 Å². The van der Waals surface area contributed by atoms with Crippen LogP contribution in [0.5, 0.6) is 0 Å². The molecular formula is C11H27AlN2O. The van der Waals surface area contributed by atoms with E-state index in [0.29, 0.717) is 0 Å². The van der Waals surface area contributed by atoms with Gasteiger partial charge in [-0.05, 0) is 54.4 Å². The topological polar surface area (TPSA) is 15.7 Å². The maximum atomic E-state index is 5.70. The third-order valence-corrected chi connectivity index (χ3v) is 3.05. The fourth-order valence-electron chi connectivity index (χ4n) is 1.28. The number of hydrogen-bond donors (Lipinski definition) is 0. The minimum absolute atomic E-state index is 0.00598. The molecule has 0 aromatic heterocycles. The summed E-state index contributed by atoms with van der Waals surface area (Å²) < 4.78 is 8.17. The highest BCUT2D eigenvalue weighted by Gasteiger charge is 2.09. The molecule has 0 amide bonds. The Morgan fingerprint density at radius 2 is 1.67 bits per heavy atom. The van der Waals surface area contributed by atoms with Crippen molar-refractivity contribution in [3.63, 3.8) is 0 Å². The second-order valence-electron chi connectivity index (χ2n) is 5.42. The van der Waals surface area contributed by atoms with Crippen molar-refractivity contribution in [2.45, 2.75) is 32.8 Å². The van der Waals surface area contributed by atoms with Crippen LogP contribution >= 0.6 is 0 Å². The van der Waals surface area contributed by atoms with Gasteiger partial charge in [0, 0.05) is 6.54 Å². The lowest BCUT2D eigenvalue weighted by Crippen LogP contribution is -2.31. The van der Waals surface area contributed by atoms with Crippen molar-refractivity contribution >= 4 is 16.5 Å². The Balaban J connectivity index is 3.37. The summed E-state index contributed by atoms with van der Waals surface area (Å²) in [6.45, 7) is 10.6. The third kappa shape index (κ3) is 12.3. The summed E-state index contributed by atoms with van der Waals surface area (Å²) in [5, 5.41) is 0. The van der Waals surface area contributed by atoms with Gasteiger partial charge in [0.2, 0.25) is 0 Å². The van der Waals surface area contributed by atoms with E-state index in [1.54, 1.807) is 0 Å². The Labute approximate surface area is 103 Å². The summed E-state index contributed by atoms with van der Waals surface area (Å²) in [5.74, 6) is 0. The monoisotopic (exact) mass is 230 g/mol. The minimum atomic E-state index is 0.00598. The van der Waals surface area contributed by atoms with Gasteiger partial charge in [-0.3, -0.25) is 0 Å². The van der Waals surface area contributed by atoms with Gasteiger partial charge in [0.15, 0.2) is 0 Å². The zero-order valence-electron chi connectivity index (χ0n) is 11.3. The lowest BCUT2D eigenvalue weighted by molar-refractivity contribution is -0.00654. The first-order valence-corrected chi connectivity index (χ1v) is 6.68. The summed E-state index contributed by atoms with van der Waals surface area (Å²) in [6, 6.07) is 0. The number of nitrogens with zero attached hydrogens (tertiary/aromatic N) is 2. The van der Waals surface area contributed by atoms with Crippen LogP contribution in [0.15, 0.2) is 0 Å². The summed E-state index contributed by atoms with van der Waals surface area (Å²) in [5.41, 5.74) is 0.00598. The molecule has 0 radical (unpaired) electrons. The first-order chi connectivity index (χ1) is 6.81. The van der Waals surface area contributed by atoms with Crippen molar-refractivity contribution in [3.8, 4) is 0 Å². The van der Waals surface area contributed by atoms with Gasteiger partial charge in [0.25, 0.3) is 0 Å². The first-order valence-electron chi connectivity index (χ1n) is 5.78. The molecule has 0 aliphatic carbocycles. The second kappa shape index (κ2) is 7.65. The fraction of sp³-hybridized carbons (Fsp3) is 1.00.